The Balaban J connectivity index is 2.94. The number of primary amides is 1. The maximum atomic E-state index is 10.9. The first-order chi connectivity index (χ1) is 8.82. The van der Waals surface area contributed by atoms with Crippen LogP contribution in [0.15, 0.2) is 18.2 Å². The fourth-order valence-electron chi connectivity index (χ4n) is 1.40. The van der Waals surface area contributed by atoms with Gasteiger partial charge in [0.05, 0.1) is 23.6 Å². The third-order valence-corrected chi connectivity index (χ3v) is 2.63. The second-order valence-corrected chi connectivity index (χ2v) is 4.27. The highest BCUT2D eigenvalue weighted by Crippen LogP contribution is 2.29. The van der Waals surface area contributed by atoms with E-state index < -0.39 is 22.9 Å². The lowest BCUT2D eigenvalue weighted by molar-refractivity contribution is -0.385. The maximum Gasteiger partial charge on any atom is 0.270 e. The van der Waals surface area contributed by atoms with Crippen LogP contribution in [0.1, 0.15) is 25.5 Å². The van der Waals surface area contributed by atoms with E-state index in [1.54, 1.807) is 6.92 Å². The third-order valence-electron chi connectivity index (χ3n) is 2.63. The van der Waals surface area contributed by atoms with Crippen LogP contribution >= 0.6 is 0 Å². The fourth-order valence-corrected chi connectivity index (χ4v) is 1.40. The first kappa shape index (κ1) is 14.9. The quantitative estimate of drug-likeness (QED) is 0.593. The molecule has 1 aromatic rings. The van der Waals surface area contributed by atoms with Gasteiger partial charge < -0.3 is 15.6 Å². The number of rotatable bonds is 6. The van der Waals surface area contributed by atoms with Crippen molar-refractivity contribution in [3.05, 3.63) is 33.9 Å². The molecule has 0 saturated heterocycles. The summed E-state index contributed by atoms with van der Waals surface area (Å²) in [5.41, 5.74) is 5.27. The van der Waals surface area contributed by atoms with Gasteiger partial charge in [0.2, 0.25) is 5.91 Å². The predicted molar refractivity (Wildman–Crippen MR) is 67.6 cm³/mol. The highest BCUT2D eigenvalue weighted by Gasteiger charge is 2.17. The Morgan fingerprint density at radius 3 is 2.63 bits per heavy atom. The zero-order valence-electron chi connectivity index (χ0n) is 10.7. The van der Waals surface area contributed by atoms with Gasteiger partial charge in [-0.3, -0.25) is 14.9 Å². The van der Waals surface area contributed by atoms with E-state index in [0.717, 1.165) is 0 Å². The summed E-state index contributed by atoms with van der Waals surface area (Å²) >= 11 is 0. The van der Waals surface area contributed by atoms with Gasteiger partial charge in [-0.05, 0) is 13.0 Å². The smallest absolute Gasteiger partial charge is 0.270 e. The molecule has 0 aromatic heterocycles. The van der Waals surface area contributed by atoms with E-state index in [1.807, 2.05) is 0 Å². The topological polar surface area (TPSA) is 116 Å². The first-order valence-electron chi connectivity index (χ1n) is 5.71. The summed E-state index contributed by atoms with van der Waals surface area (Å²) < 4.78 is 5.37. The van der Waals surface area contributed by atoms with Crippen LogP contribution < -0.4 is 10.5 Å². The Morgan fingerprint density at radius 2 is 2.16 bits per heavy atom. The van der Waals surface area contributed by atoms with Crippen molar-refractivity contribution >= 4 is 11.6 Å². The van der Waals surface area contributed by atoms with E-state index in [2.05, 4.69) is 0 Å². The number of benzene rings is 1. The van der Waals surface area contributed by atoms with Crippen LogP contribution in [-0.2, 0) is 4.79 Å². The number of nitro benzene ring substituents is 1. The number of nitrogens with zero attached hydrogens (tertiary/aromatic N) is 1. The standard InChI is InChI=1S/C12H16N2O5/c1-7(12(13)16)6-19-11-4-3-9(14(17)18)5-10(11)8(2)15/h3-5,7-8,15H,6H2,1-2H3,(H2,13,16)/t7?,8-/m0/s1. The Labute approximate surface area is 110 Å². The van der Waals surface area contributed by atoms with Crippen LogP contribution in [0, 0.1) is 16.0 Å². The van der Waals surface area contributed by atoms with Gasteiger partial charge in [0.15, 0.2) is 0 Å². The molecule has 3 N–H and O–H groups in total. The molecule has 1 unspecified atom stereocenters. The van der Waals surface area contributed by atoms with Crippen molar-refractivity contribution < 1.29 is 19.6 Å². The van der Waals surface area contributed by atoms with Crippen molar-refractivity contribution in [1.29, 1.82) is 0 Å². The van der Waals surface area contributed by atoms with Crippen molar-refractivity contribution in [2.45, 2.75) is 20.0 Å². The lowest BCUT2D eigenvalue weighted by Crippen LogP contribution is -2.26. The monoisotopic (exact) mass is 268 g/mol. The number of nitro groups is 1. The summed E-state index contributed by atoms with van der Waals surface area (Å²) in [6, 6.07) is 3.92. The summed E-state index contributed by atoms with van der Waals surface area (Å²) in [5.74, 6) is -0.689. The Bertz CT molecular complexity index is 487. The molecule has 104 valence electrons. The number of hydrogen-bond donors (Lipinski definition) is 2. The van der Waals surface area contributed by atoms with E-state index in [0.29, 0.717) is 11.3 Å². The molecule has 0 radical (unpaired) electrons. The number of amides is 1. The molecule has 0 saturated carbocycles. The molecule has 0 spiro atoms. The van der Waals surface area contributed by atoms with Gasteiger partial charge >= 0.3 is 0 Å². The number of aliphatic hydroxyl groups is 1. The molecular weight excluding hydrogens is 252 g/mol. The van der Waals surface area contributed by atoms with Gasteiger partial charge in [-0.1, -0.05) is 6.92 Å². The lowest BCUT2D eigenvalue weighted by Gasteiger charge is -2.15. The van der Waals surface area contributed by atoms with Gasteiger partial charge in [0.1, 0.15) is 5.75 Å². The van der Waals surface area contributed by atoms with Crippen LogP contribution in [0.25, 0.3) is 0 Å². The fraction of sp³-hybridized carbons (Fsp3) is 0.417. The zero-order valence-corrected chi connectivity index (χ0v) is 10.7. The number of carbonyl (C=O) groups is 1. The van der Waals surface area contributed by atoms with Crippen molar-refractivity contribution in [3.63, 3.8) is 0 Å². The Hall–Kier alpha value is -2.15. The largest absolute Gasteiger partial charge is 0.492 e. The minimum absolute atomic E-state index is 0.0485. The molecule has 0 aliphatic carbocycles. The molecule has 1 aromatic carbocycles. The number of non-ortho nitro benzene ring substituents is 1. The summed E-state index contributed by atoms with van der Waals surface area (Å²) in [6.45, 7) is 3.13. The summed E-state index contributed by atoms with van der Waals surface area (Å²) in [7, 11) is 0. The van der Waals surface area contributed by atoms with Crippen molar-refractivity contribution in [2.24, 2.45) is 11.7 Å². The molecule has 1 amide bonds. The highest BCUT2D eigenvalue weighted by atomic mass is 16.6. The van der Waals surface area contributed by atoms with Crippen molar-refractivity contribution in [1.82, 2.24) is 0 Å². The second-order valence-electron chi connectivity index (χ2n) is 4.27. The first-order valence-corrected chi connectivity index (χ1v) is 5.71. The average Bonchev–Trinajstić information content (AvgIpc) is 2.35. The SMILES string of the molecule is CC(COc1ccc([N+](=O)[O-])cc1[C@H](C)O)C(N)=O. The molecule has 7 heteroatoms. The third kappa shape index (κ3) is 3.92. The molecule has 0 heterocycles. The minimum atomic E-state index is -0.918. The van der Waals surface area contributed by atoms with Gasteiger partial charge in [0, 0.05) is 17.7 Å². The van der Waals surface area contributed by atoms with Crippen LogP contribution in [-0.4, -0.2) is 22.5 Å². The molecule has 2 atom stereocenters. The number of ether oxygens (including phenoxy) is 1. The Morgan fingerprint density at radius 1 is 1.53 bits per heavy atom. The highest BCUT2D eigenvalue weighted by molar-refractivity contribution is 5.76. The summed E-state index contributed by atoms with van der Waals surface area (Å²) in [6.07, 6.45) is -0.918. The maximum absolute atomic E-state index is 10.9. The molecule has 0 bridgehead atoms. The van der Waals surface area contributed by atoms with Crippen LogP contribution in [0.4, 0.5) is 5.69 Å². The van der Waals surface area contributed by atoms with E-state index in [4.69, 9.17) is 10.5 Å². The van der Waals surface area contributed by atoms with Crippen molar-refractivity contribution in [3.8, 4) is 5.75 Å². The molecular formula is C12H16N2O5. The lowest BCUT2D eigenvalue weighted by atomic mass is 10.1. The van der Waals surface area contributed by atoms with Gasteiger partial charge in [-0.2, -0.15) is 0 Å². The summed E-state index contributed by atoms with van der Waals surface area (Å²) in [4.78, 5) is 21.0. The minimum Gasteiger partial charge on any atom is -0.492 e. The van der Waals surface area contributed by atoms with E-state index in [1.165, 1.54) is 25.1 Å². The number of carbonyl (C=O) groups excluding carboxylic acids is 1. The van der Waals surface area contributed by atoms with Gasteiger partial charge in [0.25, 0.3) is 5.69 Å². The predicted octanol–water partition coefficient (Wildman–Crippen LogP) is 1.15. The van der Waals surface area contributed by atoms with E-state index >= 15 is 0 Å². The van der Waals surface area contributed by atoms with Gasteiger partial charge in [-0.15, -0.1) is 0 Å². The molecule has 19 heavy (non-hydrogen) atoms. The summed E-state index contributed by atoms with van der Waals surface area (Å²) in [5, 5.41) is 20.3. The Kier molecular flexibility index (Phi) is 4.82. The molecule has 7 nitrogen and oxygen atoms in total. The van der Waals surface area contributed by atoms with Crippen LogP contribution in [0.3, 0.4) is 0 Å². The second kappa shape index (κ2) is 6.14. The number of hydrogen-bond acceptors (Lipinski definition) is 5. The molecule has 1 rings (SSSR count). The zero-order chi connectivity index (χ0) is 14.6. The van der Waals surface area contributed by atoms with E-state index in [-0.39, 0.29) is 12.3 Å². The van der Waals surface area contributed by atoms with Crippen LogP contribution in [0.2, 0.25) is 0 Å². The van der Waals surface area contributed by atoms with Crippen molar-refractivity contribution in [2.75, 3.05) is 6.61 Å². The average molecular weight is 268 g/mol. The van der Waals surface area contributed by atoms with Gasteiger partial charge in [-0.25, -0.2) is 0 Å². The number of aliphatic hydroxyl groups excluding tert-OH is 1. The molecule has 0 aliphatic rings. The molecule has 0 fully saturated rings. The number of nitrogens with two attached hydrogens (primary N) is 1. The molecule has 0 aliphatic heterocycles. The van der Waals surface area contributed by atoms with E-state index in [9.17, 15) is 20.0 Å². The van der Waals surface area contributed by atoms with Crippen LogP contribution in [0.5, 0.6) is 5.75 Å². The normalized spacial score (nSPS) is 13.6.